The zero-order valence-electron chi connectivity index (χ0n) is 20.2. The molecule has 3 aromatic heterocycles. The Kier molecular flexibility index (Phi) is 8.29. The number of hydrogen-bond donors (Lipinski definition) is 4. The van der Waals surface area contributed by atoms with Crippen LogP contribution < -0.4 is 10.9 Å². The Hall–Kier alpha value is -3.15. The third-order valence-corrected chi connectivity index (χ3v) is 6.76. The van der Waals surface area contributed by atoms with E-state index in [1.54, 1.807) is 13.0 Å². The standard InChI is InChI=1S/C24H22ClFN4O3.H3O4P/c1-13-20-22(29-33-13)21-17(25)6-3-7-18(21)30(24(20)32)16-5-2-4-14(10-16)11-28-23(31)15-8-9-19(26)27-12-15;1-5(2,3)4/h3,6-9,12,14,16H,2,4-5,10-11H2,1H3,(H,28,31);(H3,1,2,3,4)/t14-,16+;/m1./s1. The third-order valence-electron chi connectivity index (χ3n) is 6.44. The Bertz CT molecular complexity index is 1580. The number of carbonyl (C=O) groups excluding carboxylic acids is 1. The lowest BCUT2D eigenvalue weighted by molar-refractivity contribution is 0.0940. The summed E-state index contributed by atoms with van der Waals surface area (Å²) < 4.78 is 29.1. The topological polar surface area (TPSA) is 168 Å². The van der Waals surface area contributed by atoms with Gasteiger partial charge in [-0.15, -0.1) is 0 Å². The molecule has 0 saturated heterocycles. The quantitative estimate of drug-likeness (QED) is 0.212. The highest BCUT2D eigenvalue weighted by atomic mass is 35.5. The van der Waals surface area contributed by atoms with Crippen molar-refractivity contribution < 1.29 is 33.0 Å². The van der Waals surface area contributed by atoms with Crippen molar-refractivity contribution in [1.82, 2.24) is 20.0 Å². The van der Waals surface area contributed by atoms with Crippen LogP contribution in [0, 0.1) is 18.8 Å². The summed E-state index contributed by atoms with van der Waals surface area (Å²) >= 11 is 6.52. The zero-order valence-corrected chi connectivity index (χ0v) is 21.8. The molecule has 4 N–H and O–H groups in total. The van der Waals surface area contributed by atoms with E-state index in [0.717, 1.165) is 37.3 Å². The number of rotatable bonds is 4. The minimum absolute atomic E-state index is 0.0414. The predicted molar refractivity (Wildman–Crippen MR) is 137 cm³/mol. The Morgan fingerprint density at radius 3 is 2.66 bits per heavy atom. The predicted octanol–water partition coefficient (Wildman–Crippen LogP) is 3.87. The van der Waals surface area contributed by atoms with Crippen molar-refractivity contribution in [3.8, 4) is 0 Å². The summed E-state index contributed by atoms with van der Waals surface area (Å²) in [6.07, 6.45) is 4.68. The van der Waals surface area contributed by atoms with Gasteiger partial charge in [0.05, 0.1) is 16.1 Å². The summed E-state index contributed by atoms with van der Waals surface area (Å²) in [5, 5.41) is 8.71. The molecule has 1 amide bonds. The molecular formula is C24H25ClFN4O7P. The van der Waals surface area contributed by atoms with Crippen molar-refractivity contribution in [2.45, 2.75) is 38.6 Å². The molecule has 5 rings (SSSR count). The first-order valence-electron chi connectivity index (χ1n) is 11.7. The van der Waals surface area contributed by atoms with E-state index < -0.39 is 13.8 Å². The molecule has 14 heteroatoms. The van der Waals surface area contributed by atoms with Crippen molar-refractivity contribution in [3.63, 3.8) is 0 Å². The monoisotopic (exact) mass is 566 g/mol. The second-order valence-corrected chi connectivity index (χ2v) is 10.5. The van der Waals surface area contributed by atoms with E-state index >= 15 is 0 Å². The van der Waals surface area contributed by atoms with Crippen LogP contribution in [0.15, 0.2) is 45.8 Å². The summed E-state index contributed by atoms with van der Waals surface area (Å²) in [6.45, 7) is 2.20. The number of amides is 1. The van der Waals surface area contributed by atoms with Gasteiger partial charge in [-0.2, -0.15) is 4.39 Å². The molecule has 1 fully saturated rings. The molecule has 0 unspecified atom stereocenters. The molecule has 0 aliphatic heterocycles. The van der Waals surface area contributed by atoms with E-state index in [4.69, 9.17) is 35.4 Å². The maximum absolute atomic E-state index is 13.5. The molecule has 0 radical (unpaired) electrons. The Morgan fingerprint density at radius 2 is 1.97 bits per heavy atom. The van der Waals surface area contributed by atoms with E-state index in [0.29, 0.717) is 39.2 Å². The first-order chi connectivity index (χ1) is 17.9. The van der Waals surface area contributed by atoms with Crippen LogP contribution in [0.5, 0.6) is 0 Å². The van der Waals surface area contributed by atoms with Gasteiger partial charge in [-0.25, -0.2) is 9.55 Å². The zero-order chi connectivity index (χ0) is 27.6. The highest BCUT2D eigenvalue weighted by Crippen LogP contribution is 2.37. The minimum atomic E-state index is -4.64. The van der Waals surface area contributed by atoms with Crippen LogP contribution in [0.4, 0.5) is 4.39 Å². The number of hydrogen-bond acceptors (Lipinski definition) is 6. The molecular weight excluding hydrogens is 542 g/mol. The average molecular weight is 567 g/mol. The lowest BCUT2D eigenvalue weighted by atomic mass is 9.85. The van der Waals surface area contributed by atoms with Gasteiger partial charge in [-0.05, 0) is 56.4 Å². The van der Waals surface area contributed by atoms with Crippen molar-refractivity contribution in [1.29, 1.82) is 0 Å². The van der Waals surface area contributed by atoms with Gasteiger partial charge in [0.25, 0.3) is 11.5 Å². The fourth-order valence-corrected chi connectivity index (χ4v) is 5.13. The maximum atomic E-state index is 13.5. The van der Waals surface area contributed by atoms with E-state index in [-0.39, 0.29) is 23.4 Å². The molecule has 11 nitrogen and oxygen atoms in total. The lowest BCUT2D eigenvalue weighted by Crippen LogP contribution is -2.34. The van der Waals surface area contributed by atoms with Crippen molar-refractivity contribution in [3.05, 3.63) is 69.2 Å². The fraction of sp³-hybridized carbons (Fsp3) is 0.333. The minimum Gasteiger partial charge on any atom is -0.360 e. The fourth-order valence-electron chi connectivity index (χ4n) is 4.87. The molecule has 1 saturated carbocycles. The first-order valence-corrected chi connectivity index (χ1v) is 13.6. The molecule has 202 valence electrons. The maximum Gasteiger partial charge on any atom is 0.466 e. The molecule has 38 heavy (non-hydrogen) atoms. The summed E-state index contributed by atoms with van der Waals surface area (Å²) in [7, 11) is -4.64. The van der Waals surface area contributed by atoms with Gasteiger partial charge in [0, 0.05) is 24.2 Å². The highest BCUT2D eigenvalue weighted by Gasteiger charge is 2.28. The number of nitrogens with one attached hydrogen (secondary N) is 1. The van der Waals surface area contributed by atoms with E-state index in [1.807, 2.05) is 16.7 Å². The number of pyridine rings is 2. The summed E-state index contributed by atoms with van der Waals surface area (Å²) in [6, 6.07) is 8.03. The largest absolute Gasteiger partial charge is 0.466 e. The number of halogens is 2. The summed E-state index contributed by atoms with van der Waals surface area (Å²) in [4.78, 5) is 51.0. The van der Waals surface area contributed by atoms with Crippen LogP contribution >= 0.6 is 19.4 Å². The van der Waals surface area contributed by atoms with Crippen LogP contribution in [0.3, 0.4) is 0 Å². The second kappa shape index (κ2) is 11.3. The molecule has 2 atom stereocenters. The van der Waals surface area contributed by atoms with Gasteiger partial charge < -0.3 is 29.1 Å². The number of benzene rings is 1. The first kappa shape index (κ1) is 27.9. The number of aryl methyl sites for hydroxylation is 1. The molecule has 4 aromatic rings. The van der Waals surface area contributed by atoms with Crippen LogP contribution in [0.25, 0.3) is 21.8 Å². The Balaban J connectivity index is 0.000000617. The molecule has 1 aliphatic carbocycles. The molecule has 0 spiro atoms. The second-order valence-electron chi connectivity index (χ2n) is 9.05. The van der Waals surface area contributed by atoms with Gasteiger partial charge in [-0.3, -0.25) is 9.59 Å². The Labute approximate surface area is 220 Å². The molecule has 0 bridgehead atoms. The van der Waals surface area contributed by atoms with Crippen molar-refractivity contribution in [2.24, 2.45) is 5.92 Å². The third kappa shape index (κ3) is 6.28. The van der Waals surface area contributed by atoms with E-state index in [2.05, 4.69) is 15.5 Å². The summed E-state index contributed by atoms with van der Waals surface area (Å²) in [5.74, 6) is -0.250. The number of fused-ring (bicyclic) bond motifs is 3. The van der Waals surface area contributed by atoms with Crippen LogP contribution in [0.2, 0.25) is 5.02 Å². The normalized spacial score (nSPS) is 17.7. The number of phosphoric acid groups is 1. The molecule has 1 aromatic carbocycles. The van der Waals surface area contributed by atoms with Crippen molar-refractivity contribution >= 4 is 47.1 Å². The smallest absolute Gasteiger partial charge is 0.360 e. The number of nitrogens with zero attached hydrogens (tertiary/aromatic N) is 3. The highest BCUT2D eigenvalue weighted by molar-refractivity contribution is 7.45. The van der Waals surface area contributed by atoms with E-state index in [9.17, 15) is 14.0 Å². The van der Waals surface area contributed by atoms with Crippen LogP contribution in [0.1, 0.15) is 47.8 Å². The van der Waals surface area contributed by atoms with Crippen LogP contribution in [-0.2, 0) is 4.57 Å². The van der Waals surface area contributed by atoms with Crippen LogP contribution in [-0.4, -0.2) is 41.8 Å². The van der Waals surface area contributed by atoms with Gasteiger partial charge in [0.15, 0.2) is 0 Å². The molecule has 1 aliphatic rings. The van der Waals surface area contributed by atoms with Gasteiger partial charge in [-0.1, -0.05) is 29.2 Å². The van der Waals surface area contributed by atoms with Gasteiger partial charge >= 0.3 is 7.82 Å². The van der Waals surface area contributed by atoms with Gasteiger partial charge in [0.2, 0.25) is 5.95 Å². The summed E-state index contributed by atoms with van der Waals surface area (Å²) in [5.41, 5.74) is 1.40. The lowest BCUT2D eigenvalue weighted by Gasteiger charge is -2.31. The van der Waals surface area contributed by atoms with Gasteiger partial charge in [0.1, 0.15) is 16.7 Å². The molecule has 3 heterocycles. The van der Waals surface area contributed by atoms with Crippen molar-refractivity contribution in [2.75, 3.05) is 6.54 Å². The average Bonchev–Trinajstić information content (AvgIpc) is 3.24. The number of aromatic nitrogens is 3. The van der Waals surface area contributed by atoms with E-state index in [1.165, 1.54) is 12.3 Å². The SMILES string of the molecule is Cc1onc2c1c(=O)n([C@H]1CCC[C@@H](CNC(=O)c3ccc(F)nc3)C1)c1cccc(Cl)c21.O=P(O)(O)O. The number of carbonyl (C=O) groups is 1. The Morgan fingerprint density at radius 1 is 1.24 bits per heavy atom.